The first-order valence-corrected chi connectivity index (χ1v) is 8.56. The number of phenolic OH excluding ortho intramolecular Hbond substituents is 1. The number of phenols is 1. The lowest BCUT2D eigenvalue weighted by Gasteiger charge is -2.07. The van der Waals surface area contributed by atoms with Crippen LogP contribution in [0, 0.1) is 7.14 Å². The molecule has 1 amide bonds. The first kappa shape index (κ1) is 16.4. The molecule has 0 saturated heterocycles. The molecular formula is C12H8I2N2O4S. The average molecular weight is 530 g/mol. The number of nitrogens with zero attached hydrogens (tertiary/aromatic N) is 1. The summed E-state index contributed by atoms with van der Waals surface area (Å²) in [5, 5.41) is 23.0. The molecule has 0 aliphatic carbocycles. The van der Waals surface area contributed by atoms with Gasteiger partial charge in [-0.3, -0.25) is 14.9 Å². The molecule has 0 saturated carbocycles. The van der Waals surface area contributed by atoms with Crippen LogP contribution >= 0.6 is 56.5 Å². The van der Waals surface area contributed by atoms with Gasteiger partial charge in [0.15, 0.2) is 5.13 Å². The van der Waals surface area contributed by atoms with E-state index in [2.05, 4.69) is 32.9 Å². The number of nitrogens with one attached hydrogen (secondary N) is 1. The number of anilines is 1. The molecule has 6 nitrogen and oxygen atoms in total. The van der Waals surface area contributed by atoms with Crippen LogP contribution in [0.15, 0.2) is 17.5 Å². The van der Waals surface area contributed by atoms with Gasteiger partial charge in [0.25, 0.3) is 5.91 Å². The largest absolute Gasteiger partial charge is 0.506 e. The molecule has 21 heavy (non-hydrogen) atoms. The van der Waals surface area contributed by atoms with Gasteiger partial charge in [0.05, 0.1) is 21.2 Å². The highest BCUT2D eigenvalue weighted by molar-refractivity contribution is 14.1. The quantitative estimate of drug-likeness (QED) is 0.529. The van der Waals surface area contributed by atoms with E-state index in [0.717, 1.165) is 14.9 Å². The third-order valence-electron chi connectivity index (χ3n) is 2.38. The third-order valence-corrected chi connectivity index (χ3v) is 4.63. The number of aromatic nitrogens is 1. The van der Waals surface area contributed by atoms with Crippen LogP contribution in [-0.4, -0.2) is 27.1 Å². The van der Waals surface area contributed by atoms with E-state index in [1.54, 1.807) is 17.5 Å². The second-order valence-electron chi connectivity index (χ2n) is 3.95. The second kappa shape index (κ2) is 6.87. The van der Waals surface area contributed by atoms with Gasteiger partial charge >= 0.3 is 5.97 Å². The van der Waals surface area contributed by atoms with Crippen LogP contribution in [-0.2, 0) is 11.2 Å². The summed E-state index contributed by atoms with van der Waals surface area (Å²) in [4.78, 5) is 26.7. The predicted octanol–water partition coefficient (Wildman–Crippen LogP) is 2.94. The lowest BCUT2D eigenvalue weighted by atomic mass is 10.2. The van der Waals surface area contributed by atoms with Crippen molar-refractivity contribution in [3.63, 3.8) is 0 Å². The molecule has 9 heteroatoms. The van der Waals surface area contributed by atoms with Crippen LogP contribution in [0.3, 0.4) is 0 Å². The highest BCUT2D eigenvalue weighted by Gasteiger charge is 2.16. The Hall–Kier alpha value is -0.950. The number of hydrogen-bond acceptors (Lipinski definition) is 5. The number of carbonyl (C=O) groups is 2. The van der Waals surface area contributed by atoms with E-state index in [-0.39, 0.29) is 17.7 Å². The molecule has 0 aliphatic rings. The van der Waals surface area contributed by atoms with Crippen LogP contribution in [0.5, 0.6) is 5.75 Å². The minimum absolute atomic E-state index is 0.0872. The van der Waals surface area contributed by atoms with Crippen molar-refractivity contribution in [1.29, 1.82) is 0 Å². The molecule has 1 heterocycles. The third kappa shape index (κ3) is 4.26. The number of carboxylic acids is 1. The van der Waals surface area contributed by atoms with Gasteiger partial charge in [-0.1, -0.05) is 0 Å². The Balaban J connectivity index is 2.18. The number of benzene rings is 1. The Kier molecular flexibility index (Phi) is 5.37. The van der Waals surface area contributed by atoms with E-state index in [1.807, 2.05) is 22.6 Å². The second-order valence-corrected chi connectivity index (χ2v) is 7.22. The normalized spacial score (nSPS) is 10.4. The average Bonchev–Trinajstić information content (AvgIpc) is 2.80. The Morgan fingerprint density at radius 2 is 2.05 bits per heavy atom. The van der Waals surface area contributed by atoms with Crippen LogP contribution in [0.1, 0.15) is 16.1 Å². The van der Waals surface area contributed by atoms with Gasteiger partial charge in [0.1, 0.15) is 5.75 Å². The number of halogens is 2. The number of amides is 1. The van der Waals surface area contributed by atoms with Crippen LogP contribution in [0.4, 0.5) is 5.13 Å². The number of carboxylic acid groups (broad SMARTS) is 1. The standard InChI is InChI=1S/C12H8I2N2O4S/c13-5-1-7(10(19)8(14)2-5)11(20)16-12-15-6(4-21-12)3-9(17)18/h1-2,4,19H,3H2,(H,17,18)(H,15,16,20). The summed E-state index contributed by atoms with van der Waals surface area (Å²) in [5.41, 5.74) is 0.533. The van der Waals surface area contributed by atoms with E-state index in [9.17, 15) is 14.7 Å². The Morgan fingerprint density at radius 3 is 2.71 bits per heavy atom. The number of thiazole rings is 1. The van der Waals surface area contributed by atoms with Crippen LogP contribution < -0.4 is 5.32 Å². The van der Waals surface area contributed by atoms with Crippen molar-refractivity contribution in [2.45, 2.75) is 6.42 Å². The van der Waals surface area contributed by atoms with Gasteiger partial charge in [0.2, 0.25) is 0 Å². The fourth-order valence-corrected chi connectivity index (χ4v) is 4.05. The van der Waals surface area contributed by atoms with Gasteiger partial charge in [-0.15, -0.1) is 11.3 Å². The van der Waals surface area contributed by atoms with Gasteiger partial charge in [0, 0.05) is 8.95 Å². The summed E-state index contributed by atoms with van der Waals surface area (Å²) in [5.74, 6) is -1.56. The topological polar surface area (TPSA) is 99.5 Å². The smallest absolute Gasteiger partial charge is 0.309 e. The summed E-state index contributed by atoms with van der Waals surface area (Å²) >= 11 is 5.14. The minimum atomic E-state index is -0.983. The number of carbonyl (C=O) groups excluding carboxylic acids is 1. The highest BCUT2D eigenvalue weighted by Crippen LogP contribution is 2.28. The number of rotatable bonds is 4. The van der Waals surface area contributed by atoms with Crippen molar-refractivity contribution in [3.8, 4) is 5.75 Å². The summed E-state index contributed by atoms with van der Waals surface area (Å²) < 4.78 is 1.40. The molecule has 3 N–H and O–H groups in total. The zero-order valence-electron chi connectivity index (χ0n) is 10.3. The van der Waals surface area contributed by atoms with Crippen molar-refractivity contribution in [2.75, 3.05) is 5.32 Å². The molecule has 0 fully saturated rings. The SMILES string of the molecule is O=C(O)Cc1csc(NC(=O)c2cc(I)cc(I)c2O)n1. The lowest BCUT2D eigenvalue weighted by Crippen LogP contribution is -2.13. The molecular weight excluding hydrogens is 522 g/mol. The van der Waals surface area contributed by atoms with Crippen LogP contribution in [0.2, 0.25) is 0 Å². The molecule has 0 unspecified atom stereocenters. The summed E-state index contributed by atoms with van der Waals surface area (Å²) in [6.45, 7) is 0. The highest BCUT2D eigenvalue weighted by atomic mass is 127. The molecule has 2 aromatic rings. The zero-order valence-corrected chi connectivity index (χ0v) is 15.4. The van der Waals surface area contributed by atoms with Crippen molar-refractivity contribution in [2.24, 2.45) is 0 Å². The molecule has 110 valence electrons. The van der Waals surface area contributed by atoms with Crippen molar-refractivity contribution in [1.82, 2.24) is 4.98 Å². The molecule has 0 bridgehead atoms. The van der Waals surface area contributed by atoms with E-state index >= 15 is 0 Å². The van der Waals surface area contributed by atoms with E-state index in [1.165, 1.54) is 0 Å². The molecule has 0 radical (unpaired) electrons. The molecule has 1 aromatic carbocycles. The predicted molar refractivity (Wildman–Crippen MR) is 94.9 cm³/mol. The van der Waals surface area contributed by atoms with Gasteiger partial charge in [-0.05, 0) is 57.3 Å². The summed E-state index contributed by atoms with van der Waals surface area (Å²) in [6, 6.07) is 3.32. The number of aliphatic carboxylic acids is 1. The first-order valence-electron chi connectivity index (χ1n) is 5.52. The first-order chi connectivity index (χ1) is 9.86. The van der Waals surface area contributed by atoms with Gasteiger partial charge in [-0.2, -0.15) is 0 Å². The van der Waals surface area contributed by atoms with Gasteiger partial charge in [-0.25, -0.2) is 4.98 Å². The van der Waals surface area contributed by atoms with Gasteiger partial charge < -0.3 is 10.2 Å². The maximum absolute atomic E-state index is 12.1. The summed E-state index contributed by atoms with van der Waals surface area (Å²) in [7, 11) is 0. The maximum atomic E-state index is 12.1. The van der Waals surface area contributed by atoms with E-state index in [4.69, 9.17) is 5.11 Å². The van der Waals surface area contributed by atoms with E-state index < -0.39 is 11.9 Å². The number of aromatic hydroxyl groups is 1. The molecule has 0 aliphatic heterocycles. The monoisotopic (exact) mass is 530 g/mol. The number of hydrogen-bond donors (Lipinski definition) is 3. The van der Waals surface area contributed by atoms with Crippen LogP contribution in [0.25, 0.3) is 0 Å². The minimum Gasteiger partial charge on any atom is -0.506 e. The molecule has 0 spiro atoms. The molecule has 0 atom stereocenters. The molecule has 1 aromatic heterocycles. The summed E-state index contributed by atoms with van der Waals surface area (Å²) in [6.07, 6.45) is -0.196. The Bertz CT molecular complexity index is 717. The van der Waals surface area contributed by atoms with E-state index in [0.29, 0.717) is 14.4 Å². The molecule has 2 rings (SSSR count). The Morgan fingerprint density at radius 1 is 1.33 bits per heavy atom. The lowest BCUT2D eigenvalue weighted by molar-refractivity contribution is -0.136. The van der Waals surface area contributed by atoms with Crippen molar-refractivity contribution < 1.29 is 19.8 Å². The van der Waals surface area contributed by atoms with Crippen molar-refractivity contribution in [3.05, 3.63) is 35.9 Å². The Labute approximate surface area is 150 Å². The fraction of sp³-hybridized carbons (Fsp3) is 0.0833. The van der Waals surface area contributed by atoms with Crippen molar-refractivity contribution >= 4 is 73.5 Å². The maximum Gasteiger partial charge on any atom is 0.309 e. The zero-order chi connectivity index (χ0) is 15.6. The fourth-order valence-electron chi connectivity index (χ4n) is 1.50.